The molecule has 1 aromatic heterocycles. The summed E-state index contributed by atoms with van der Waals surface area (Å²) in [5, 5.41) is 4.08. The summed E-state index contributed by atoms with van der Waals surface area (Å²) < 4.78 is 0. The van der Waals surface area contributed by atoms with Crippen LogP contribution in [0.1, 0.15) is 60.5 Å². The zero-order valence-electron chi connectivity index (χ0n) is 16.2. The normalized spacial score (nSPS) is 17.8. The van der Waals surface area contributed by atoms with Crippen LogP contribution in [0.4, 0.5) is 0 Å². The van der Waals surface area contributed by atoms with Gasteiger partial charge < -0.3 is 5.32 Å². The third kappa shape index (κ3) is 3.99. The van der Waals surface area contributed by atoms with Crippen LogP contribution < -0.4 is 5.32 Å². The standard InChI is InChI=1S/C21H29N3OS/c1-5-24-12-8-9-16(24)13-22-20(25)19-15(4)23-21(26-19)18-11-7-6-10-17(18)14(2)3/h6-7,10-11,14,16H,5,8-9,12-13H2,1-4H3,(H,22,25). The summed E-state index contributed by atoms with van der Waals surface area (Å²) in [6.45, 7) is 11.4. The molecule has 1 N–H and O–H groups in total. The largest absolute Gasteiger partial charge is 0.350 e. The molecule has 1 fully saturated rings. The van der Waals surface area contributed by atoms with E-state index in [-0.39, 0.29) is 5.91 Å². The lowest BCUT2D eigenvalue weighted by molar-refractivity contribution is 0.0944. The van der Waals surface area contributed by atoms with Gasteiger partial charge in [0.1, 0.15) is 9.88 Å². The van der Waals surface area contributed by atoms with Crippen LogP contribution in [0.3, 0.4) is 0 Å². The van der Waals surface area contributed by atoms with Crippen molar-refractivity contribution in [1.29, 1.82) is 0 Å². The molecule has 0 aliphatic carbocycles. The van der Waals surface area contributed by atoms with E-state index in [4.69, 9.17) is 4.98 Å². The van der Waals surface area contributed by atoms with E-state index < -0.39 is 0 Å². The number of nitrogens with one attached hydrogen (secondary N) is 1. The minimum absolute atomic E-state index is 0.0104. The maximum absolute atomic E-state index is 12.7. The Hall–Kier alpha value is -1.72. The van der Waals surface area contributed by atoms with Crippen molar-refractivity contribution in [3.05, 3.63) is 40.4 Å². The number of likely N-dealkylation sites (tertiary alicyclic amines) is 1. The summed E-state index contributed by atoms with van der Waals surface area (Å²) in [4.78, 5) is 20.6. The lowest BCUT2D eigenvalue weighted by Gasteiger charge is -2.22. The first-order valence-electron chi connectivity index (χ1n) is 9.60. The third-order valence-corrected chi connectivity index (χ3v) is 6.41. The van der Waals surface area contributed by atoms with Crippen molar-refractivity contribution in [2.45, 2.75) is 52.5 Å². The van der Waals surface area contributed by atoms with Gasteiger partial charge in [-0.1, -0.05) is 45.0 Å². The number of thiazole rings is 1. The Bertz CT molecular complexity index is 768. The fourth-order valence-electron chi connectivity index (χ4n) is 3.75. The van der Waals surface area contributed by atoms with E-state index in [0.29, 0.717) is 12.0 Å². The number of aromatic nitrogens is 1. The van der Waals surface area contributed by atoms with Crippen LogP contribution in [0.2, 0.25) is 0 Å². The molecule has 2 aromatic rings. The van der Waals surface area contributed by atoms with Gasteiger partial charge in [-0.3, -0.25) is 9.69 Å². The minimum atomic E-state index is 0.0104. The molecule has 1 unspecified atom stereocenters. The number of hydrogen-bond donors (Lipinski definition) is 1. The Morgan fingerprint density at radius 1 is 1.38 bits per heavy atom. The lowest BCUT2D eigenvalue weighted by Crippen LogP contribution is -2.39. The second-order valence-corrected chi connectivity index (χ2v) is 8.31. The smallest absolute Gasteiger partial charge is 0.263 e. The van der Waals surface area contributed by atoms with Crippen LogP contribution in [0, 0.1) is 6.92 Å². The fourth-order valence-corrected chi connectivity index (χ4v) is 4.78. The Labute approximate surface area is 160 Å². The quantitative estimate of drug-likeness (QED) is 0.815. The molecule has 1 saturated heterocycles. The Morgan fingerprint density at radius 2 is 2.15 bits per heavy atom. The van der Waals surface area contributed by atoms with E-state index in [1.165, 1.54) is 29.7 Å². The SMILES string of the molecule is CCN1CCCC1CNC(=O)c1sc(-c2ccccc2C(C)C)nc1C. The molecule has 1 aliphatic rings. The molecule has 1 amide bonds. The zero-order valence-corrected chi connectivity index (χ0v) is 17.0. The van der Waals surface area contributed by atoms with E-state index in [2.05, 4.69) is 49.2 Å². The number of benzene rings is 1. The highest BCUT2D eigenvalue weighted by molar-refractivity contribution is 7.17. The number of aryl methyl sites for hydroxylation is 1. The second kappa shape index (κ2) is 8.31. The van der Waals surface area contributed by atoms with Gasteiger partial charge in [-0.2, -0.15) is 0 Å². The van der Waals surface area contributed by atoms with E-state index >= 15 is 0 Å². The fraction of sp³-hybridized carbons (Fsp3) is 0.524. The number of rotatable bonds is 6. The predicted molar refractivity (Wildman–Crippen MR) is 109 cm³/mol. The molecule has 0 spiro atoms. The number of carbonyl (C=O) groups is 1. The maximum atomic E-state index is 12.7. The molecule has 2 heterocycles. The van der Waals surface area contributed by atoms with Gasteiger partial charge in [-0.25, -0.2) is 4.98 Å². The summed E-state index contributed by atoms with van der Waals surface area (Å²) >= 11 is 1.50. The van der Waals surface area contributed by atoms with E-state index in [1.54, 1.807) is 0 Å². The number of hydrogen-bond acceptors (Lipinski definition) is 4. The number of likely N-dealkylation sites (N-methyl/N-ethyl adjacent to an activating group) is 1. The van der Waals surface area contributed by atoms with Crippen molar-refractivity contribution in [2.24, 2.45) is 0 Å². The average molecular weight is 372 g/mol. The van der Waals surface area contributed by atoms with Crippen LogP contribution in [-0.2, 0) is 0 Å². The predicted octanol–water partition coefficient (Wildman–Crippen LogP) is 4.46. The summed E-state index contributed by atoms with van der Waals surface area (Å²) in [6.07, 6.45) is 2.40. The molecule has 1 atom stereocenters. The van der Waals surface area contributed by atoms with Gasteiger partial charge >= 0.3 is 0 Å². The van der Waals surface area contributed by atoms with Gasteiger partial charge in [-0.05, 0) is 44.3 Å². The van der Waals surface area contributed by atoms with Gasteiger partial charge in [0.2, 0.25) is 0 Å². The molecule has 0 bridgehead atoms. The number of amides is 1. The van der Waals surface area contributed by atoms with Gasteiger partial charge in [0.25, 0.3) is 5.91 Å². The molecule has 140 valence electrons. The van der Waals surface area contributed by atoms with E-state index in [1.807, 2.05) is 13.0 Å². The summed E-state index contributed by atoms with van der Waals surface area (Å²) in [5.41, 5.74) is 3.24. The number of nitrogens with zero attached hydrogens (tertiary/aromatic N) is 2. The zero-order chi connectivity index (χ0) is 18.7. The molecule has 5 heteroatoms. The molecule has 26 heavy (non-hydrogen) atoms. The molecule has 3 rings (SSSR count). The Morgan fingerprint density at radius 3 is 2.88 bits per heavy atom. The Balaban J connectivity index is 1.75. The molecular weight excluding hydrogens is 342 g/mol. The first kappa shape index (κ1) is 19.1. The topological polar surface area (TPSA) is 45.2 Å². The molecule has 0 saturated carbocycles. The highest BCUT2D eigenvalue weighted by Crippen LogP contribution is 2.33. The van der Waals surface area contributed by atoms with Gasteiger partial charge in [0.05, 0.1) is 5.69 Å². The van der Waals surface area contributed by atoms with Crippen LogP contribution >= 0.6 is 11.3 Å². The third-order valence-electron chi connectivity index (χ3n) is 5.22. The minimum Gasteiger partial charge on any atom is -0.350 e. The van der Waals surface area contributed by atoms with Gasteiger partial charge in [0, 0.05) is 18.2 Å². The summed E-state index contributed by atoms with van der Waals surface area (Å²) in [6, 6.07) is 8.83. The van der Waals surface area contributed by atoms with Crippen LogP contribution in [-0.4, -0.2) is 41.5 Å². The van der Waals surface area contributed by atoms with Crippen molar-refractivity contribution < 1.29 is 4.79 Å². The maximum Gasteiger partial charge on any atom is 0.263 e. The monoisotopic (exact) mass is 371 g/mol. The van der Waals surface area contributed by atoms with Crippen LogP contribution in [0.5, 0.6) is 0 Å². The van der Waals surface area contributed by atoms with Crippen molar-refractivity contribution in [2.75, 3.05) is 19.6 Å². The molecule has 1 aromatic carbocycles. The summed E-state index contributed by atoms with van der Waals surface area (Å²) in [7, 11) is 0. The van der Waals surface area contributed by atoms with E-state index in [9.17, 15) is 4.79 Å². The van der Waals surface area contributed by atoms with Crippen LogP contribution in [0.15, 0.2) is 24.3 Å². The van der Waals surface area contributed by atoms with Crippen molar-refractivity contribution in [3.8, 4) is 10.6 Å². The van der Waals surface area contributed by atoms with Gasteiger partial charge in [0.15, 0.2) is 0 Å². The molecule has 1 aliphatic heterocycles. The van der Waals surface area contributed by atoms with E-state index in [0.717, 1.165) is 40.8 Å². The first-order chi connectivity index (χ1) is 12.5. The number of carbonyl (C=O) groups excluding carboxylic acids is 1. The molecule has 0 radical (unpaired) electrons. The van der Waals surface area contributed by atoms with Gasteiger partial charge in [-0.15, -0.1) is 11.3 Å². The first-order valence-corrected chi connectivity index (χ1v) is 10.4. The van der Waals surface area contributed by atoms with Crippen LogP contribution in [0.25, 0.3) is 10.6 Å². The molecule has 4 nitrogen and oxygen atoms in total. The highest BCUT2D eigenvalue weighted by Gasteiger charge is 2.24. The lowest BCUT2D eigenvalue weighted by atomic mass is 9.98. The Kier molecular flexibility index (Phi) is 6.09. The van der Waals surface area contributed by atoms with Crippen molar-refractivity contribution >= 4 is 17.2 Å². The van der Waals surface area contributed by atoms with Crippen molar-refractivity contribution in [3.63, 3.8) is 0 Å². The molecular formula is C21H29N3OS. The second-order valence-electron chi connectivity index (χ2n) is 7.31. The average Bonchev–Trinajstić information content (AvgIpc) is 3.25. The summed E-state index contributed by atoms with van der Waals surface area (Å²) in [5.74, 6) is 0.436. The highest BCUT2D eigenvalue weighted by atomic mass is 32.1. The van der Waals surface area contributed by atoms with Crippen molar-refractivity contribution in [1.82, 2.24) is 15.2 Å².